The number of amides is 1. The molecule has 0 saturated carbocycles. The third kappa shape index (κ3) is 3.98. The summed E-state index contributed by atoms with van der Waals surface area (Å²) in [7, 11) is 0. The molecule has 0 spiro atoms. The molecule has 2 rings (SSSR count). The predicted molar refractivity (Wildman–Crippen MR) is 78.3 cm³/mol. The van der Waals surface area contributed by atoms with Crippen molar-refractivity contribution in [2.24, 2.45) is 5.92 Å². The summed E-state index contributed by atoms with van der Waals surface area (Å²) >= 11 is 1.72. The Morgan fingerprint density at radius 1 is 1.32 bits per heavy atom. The van der Waals surface area contributed by atoms with Gasteiger partial charge in [-0.1, -0.05) is 12.1 Å². The van der Waals surface area contributed by atoms with E-state index in [1.165, 1.54) is 4.90 Å². The smallest absolute Gasteiger partial charge is 0.223 e. The average molecular weight is 279 g/mol. The molecule has 1 heterocycles. The van der Waals surface area contributed by atoms with Crippen molar-refractivity contribution in [1.82, 2.24) is 5.32 Å². The van der Waals surface area contributed by atoms with Gasteiger partial charge in [-0.05, 0) is 43.7 Å². The molecule has 1 aliphatic rings. The summed E-state index contributed by atoms with van der Waals surface area (Å²) < 4.78 is 5.28. The average Bonchev–Trinajstić information content (AvgIpc) is 2.48. The molecular weight excluding hydrogens is 258 g/mol. The number of hydrogen-bond acceptors (Lipinski definition) is 3. The largest absolute Gasteiger partial charge is 0.381 e. The molecule has 4 heteroatoms. The van der Waals surface area contributed by atoms with E-state index in [2.05, 4.69) is 35.8 Å². The third-order valence-corrected chi connectivity index (χ3v) is 4.31. The zero-order valence-electron chi connectivity index (χ0n) is 11.5. The summed E-state index contributed by atoms with van der Waals surface area (Å²) in [4.78, 5) is 13.4. The van der Waals surface area contributed by atoms with Crippen molar-refractivity contribution >= 4 is 17.7 Å². The zero-order chi connectivity index (χ0) is 13.7. The van der Waals surface area contributed by atoms with Gasteiger partial charge in [0.2, 0.25) is 5.91 Å². The fraction of sp³-hybridized carbons (Fsp3) is 0.533. The monoisotopic (exact) mass is 279 g/mol. The minimum atomic E-state index is 0.0613. The number of thioether (sulfide) groups is 1. The highest BCUT2D eigenvalue weighted by atomic mass is 32.2. The summed E-state index contributed by atoms with van der Waals surface area (Å²) in [5.74, 6) is 0.270. The Hall–Kier alpha value is -1.00. The summed E-state index contributed by atoms with van der Waals surface area (Å²) in [5.41, 5.74) is 1.15. The number of carbonyl (C=O) groups is 1. The molecule has 19 heavy (non-hydrogen) atoms. The standard InChI is InChI=1S/C15H21NO2S/c1-11(12-3-5-14(19-2)6-4-12)16-15(17)13-7-9-18-10-8-13/h3-6,11,13H,7-10H2,1-2H3,(H,16,17). The molecule has 1 saturated heterocycles. The molecular formula is C15H21NO2S. The Balaban J connectivity index is 1.91. The third-order valence-electron chi connectivity index (χ3n) is 3.57. The molecule has 1 fully saturated rings. The summed E-state index contributed by atoms with van der Waals surface area (Å²) in [6, 6.07) is 8.42. The number of rotatable bonds is 4. The van der Waals surface area contributed by atoms with Gasteiger partial charge in [-0.3, -0.25) is 4.79 Å². The van der Waals surface area contributed by atoms with Gasteiger partial charge in [0.15, 0.2) is 0 Å². The first kappa shape index (κ1) is 14.4. The highest BCUT2D eigenvalue weighted by molar-refractivity contribution is 7.98. The van der Waals surface area contributed by atoms with E-state index in [1.54, 1.807) is 11.8 Å². The van der Waals surface area contributed by atoms with E-state index in [0.29, 0.717) is 13.2 Å². The van der Waals surface area contributed by atoms with E-state index in [0.717, 1.165) is 18.4 Å². The van der Waals surface area contributed by atoms with Gasteiger partial charge in [0.25, 0.3) is 0 Å². The molecule has 0 aliphatic carbocycles. The molecule has 1 aliphatic heterocycles. The normalized spacial score (nSPS) is 18.0. The van der Waals surface area contributed by atoms with Crippen LogP contribution in [0.1, 0.15) is 31.4 Å². The van der Waals surface area contributed by atoms with Gasteiger partial charge in [-0.15, -0.1) is 11.8 Å². The van der Waals surface area contributed by atoms with Crippen LogP contribution in [0.5, 0.6) is 0 Å². The van der Waals surface area contributed by atoms with Gasteiger partial charge in [-0.25, -0.2) is 0 Å². The summed E-state index contributed by atoms with van der Waals surface area (Å²) in [5, 5.41) is 3.10. The summed E-state index contributed by atoms with van der Waals surface area (Å²) in [6.45, 7) is 3.44. The molecule has 3 nitrogen and oxygen atoms in total. The lowest BCUT2D eigenvalue weighted by Crippen LogP contribution is -2.35. The number of nitrogens with one attached hydrogen (secondary N) is 1. The second kappa shape index (κ2) is 6.96. The van der Waals surface area contributed by atoms with Crippen molar-refractivity contribution in [3.8, 4) is 0 Å². The lowest BCUT2D eigenvalue weighted by molar-refractivity contribution is -0.128. The second-order valence-corrected chi connectivity index (χ2v) is 5.77. The maximum absolute atomic E-state index is 12.1. The van der Waals surface area contributed by atoms with Crippen LogP contribution in [0.4, 0.5) is 0 Å². The molecule has 0 radical (unpaired) electrons. The first-order valence-corrected chi connectivity index (χ1v) is 7.95. The van der Waals surface area contributed by atoms with Crippen LogP contribution < -0.4 is 5.32 Å². The SMILES string of the molecule is CSc1ccc(C(C)NC(=O)C2CCOCC2)cc1. The van der Waals surface area contributed by atoms with Crippen LogP contribution in [0.15, 0.2) is 29.2 Å². The maximum Gasteiger partial charge on any atom is 0.223 e. The van der Waals surface area contributed by atoms with Gasteiger partial charge in [0, 0.05) is 24.0 Å². The van der Waals surface area contributed by atoms with Gasteiger partial charge < -0.3 is 10.1 Å². The Morgan fingerprint density at radius 3 is 2.53 bits per heavy atom. The molecule has 1 aromatic rings. The zero-order valence-corrected chi connectivity index (χ0v) is 12.3. The van der Waals surface area contributed by atoms with E-state index in [9.17, 15) is 4.79 Å². The highest BCUT2D eigenvalue weighted by Gasteiger charge is 2.22. The Morgan fingerprint density at radius 2 is 1.95 bits per heavy atom. The van der Waals surface area contributed by atoms with Crippen LogP contribution in [0.3, 0.4) is 0 Å². The molecule has 1 N–H and O–H groups in total. The van der Waals surface area contributed by atoms with Gasteiger partial charge in [0.1, 0.15) is 0 Å². The van der Waals surface area contributed by atoms with E-state index in [-0.39, 0.29) is 17.9 Å². The van der Waals surface area contributed by atoms with Gasteiger partial charge in [-0.2, -0.15) is 0 Å². The molecule has 0 bridgehead atoms. The van der Waals surface area contributed by atoms with E-state index >= 15 is 0 Å². The van der Waals surface area contributed by atoms with Gasteiger partial charge in [0.05, 0.1) is 6.04 Å². The van der Waals surface area contributed by atoms with Crippen molar-refractivity contribution in [3.05, 3.63) is 29.8 Å². The number of ether oxygens (including phenoxy) is 1. The second-order valence-electron chi connectivity index (χ2n) is 4.89. The van der Waals surface area contributed by atoms with Crippen LogP contribution in [0, 0.1) is 5.92 Å². The van der Waals surface area contributed by atoms with Crippen LogP contribution in [-0.2, 0) is 9.53 Å². The molecule has 1 aromatic carbocycles. The lowest BCUT2D eigenvalue weighted by Gasteiger charge is -2.23. The highest BCUT2D eigenvalue weighted by Crippen LogP contribution is 2.20. The van der Waals surface area contributed by atoms with Crippen molar-refractivity contribution in [2.45, 2.75) is 30.7 Å². The fourth-order valence-electron chi connectivity index (χ4n) is 2.27. The maximum atomic E-state index is 12.1. The van der Waals surface area contributed by atoms with Crippen LogP contribution >= 0.6 is 11.8 Å². The first-order valence-electron chi connectivity index (χ1n) is 6.73. The molecule has 1 atom stereocenters. The topological polar surface area (TPSA) is 38.3 Å². The lowest BCUT2D eigenvalue weighted by atomic mass is 9.98. The Labute approximate surface area is 119 Å². The van der Waals surface area contributed by atoms with Crippen molar-refractivity contribution in [2.75, 3.05) is 19.5 Å². The minimum absolute atomic E-state index is 0.0613. The number of carbonyl (C=O) groups excluding carboxylic acids is 1. The number of hydrogen-bond donors (Lipinski definition) is 1. The van der Waals surface area contributed by atoms with Crippen LogP contribution in [-0.4, -0.2) is 25.4 Å². The Bertz CT molecular complexity index is 413. The van der Waals surface area contributed by atoms with Crippen LogP contribution in [0.2, 0.25) is 0 Å². The molecule has 1 unspecified atom stereocenters. The van der Waals surface area contributed by atoms with Crippen molar-refractivity contribution < 1.29 is 9.53 Å². The Kier molecular flexibility index (Phi) is 5.28. The van der Waals surface area contributed by atoms with Crippen LogP contribution in [0.25, 0.3) is 0 Å². The minimum Gasteiger partial charge on any atom is -0.381 e. The molecule has 104 valence electrons. The van der Waals surface area contributed by atoms with Crippen molar-refractivity contribution in [1.29, 1.82) is 0 Å². The fourth-order valence-corrected chi connectivity index (χ4v) is 2.68. The summed E-state index contributed by atoms with van der Waals surface area (Å²) in [6.07, 6.45) is 3.74. The van der Waals surface area contributed by atoms with E-state index in [4.69, 9.17) is 4.74 Å². The van der Waals surface area contributed by atoms with E-state index in [1.807, 2.05) is 6.92 Å². The van der Waals surface area contributed by atoms with Crippen molar-refractivity contribution in [3.63, 3.8) is 0 Å². The number of benzene rings is 1. The van der Waals surface area contributed by atoms with Gasteiger partial charge >= 0.3 is 0 Å². The van der Waals surface area contributed by atoms with E-state index < -0.39 is 0 Å². The quantitative estimate of drug-likeness (QED) is 0.861. The molecule has 0 aromatic heterocycles. The predicted octanol–water partition coefficient (Wildman–Crippen LogP) is 3.01. The molecule has 1 amide bonds. The first-order chi connectivity index (χ1) is 9.20.